The largest absolute Gasteiger partial charge is 0.466 e. The predicted octanol–water partition coefficient (Wildman–Crippen LogP) is 5.08. The van der Waals surface area contributed by atoms with Gasteiger partial charge in [0.15, 0.2) is 0 Å². The second kappa shape index (κ2) is 6.78. The number of ether oxygens (including phenoxy) is 1. The molecule has 0 aliphatic carbocycles. The monoisotopic (exact) mass is 395 g/mol. The second-order valence-corrected chi connectivity index (χ2v) is 8.77. The van der Waals surface area contributed by atoms with Gasteiger partial charge in [0.1, 0.15) is 5.75 Å². The molecule has 3 aliphatic rings. The van der Waals surface area contributed by atoms with Crippen LogP contribution in [0.25, 0.3) is 0 Å². The first-order valence-electron chi connectivity index (χ1n) is 10.2. The summed E-state index contributed by atoms with van der Waals surface area (Å²) >= 11 is 6.33. The van der Waals surface area contributed by atoms with Crippen molar-refractivity contribution >= 4 is 17.3 Å². The third-order valence-corrected chi connectivity index (χ3v) is 6.61. The topological polar surface area (TPSA) is 28.1 Å². The molecule has 0 N–H and O–H groups in total. The van der Waals surface area contributed by atoms with Crippen molar-refractivity contribution in [2.45, 2.75) is 50.9 Å². The molecule has 1 spiro atoms. The molecule has 2 aromatic rings. The molecule has 28 heavy (non-hydrogen) atoms. The van der Waals surface area contributed by atoms with Gasteiger partial charge in [0, 0.05) is 49.0 Å². The molecule has 5 heteroatoms. The number of likely N-dealkylation sites (tertiary alicyclic amines) is 1. The number of benzene rings is 2. The van der Waals surface area contributed by atoms with Gasteiger partial charge in [-0.3, -0.25) is 0 Å². The van der Waals surface area contributed by atoms with Crippen LogP contribution in [0, 0.1) is 0 Å². The van der Waals surface area contributed by atoms with E-state index in [4.69, 9.17) is 21.4 Å². The summed E-state index contributed by atoms with van der Waals surface area (Å²) in [4.78, 5) is 2.53. The standard InChI is InChI=1S/C23H26ClN3O/c1-16(2)26-12-10-23(11-13-26)27-21(19-14-18(24)8-9-22(19)28-23)15-20(25-27)17-6-4-3-5-7-17/h3-9,14,16,21H,10-13,15H2,1-2H3/t21-/m1/s1. The zero-order valence-corrected chi connectivity index (χ0v) is 17.2. The van der Waals surface area contributed by atoms with Crippen LogP contribution in [0.4, 0.5) is 0 Å². The van der Waals surface area contributed by atoms with E-state index in [1.807, 2.05) is 24.3 Å². The van der Waals surface area contributed by atoms with Crippen LogP contribution in [0.2, 0.25) is 5.02 Å². The van der Waals surface area contributed by atoms with Crippen LogP contribution >= 0.6 is 11.6 Å². The number of rotatable bonds is 2. The minimum Gasteiger partial charge on any atom is -0.466 e. The first kappa shape index (κ1) is 18.0. The molecule has 1 fully saturated rings. The number of piperidine rings is 1. The van der Waals surface area contributed by atoms with Crippen LogP contribution in [0.1, 0.15) is 50.3 Å². The van der Waals surface area contributed by atoms with Gasteiger partial charge in [0.25, 0.3) is 0 Å². The molecule has 0 unspecified atom stereocenters. The van der Waals surface area contributed by atoms with Crippen LogP contribution in [0.5, 0.6) is 5.75 Å². The molecule has 0 radical (unpaired) electrons. The van der Waals surface area contributed by atoms with Crippen molar-refractivity contribution < 1.29 is 4.74 Å². The van der Waals surface area contributed by atoms with Gasteiger partial charge < -0.3 is 9.64 Å². The highest BCUT2D eigenvalue weighted by molar-refractivity contribution is 6.30. The van der Waals surface area contributed by atoms with Crippen molar-refractivity contribution in [1.29, 1.82) is 0 Å². The van der Waals surface area contributed by atoms with Crippen molar-refractivity contribution in [3.8, 4) is 5.75 Å². The van der Waals surface area contributed by atoms with Crippen LogP contribution in [-0.2, 0) is 0 Å². The molecule has 2 aromatic carbocycles. The van der Waals surface area contributed by atoms with E-state index in [1.165, 1.54) is 5.56 Å². The van der Waals surface area contributed by atoms with Crippen LogP contribution in [-0.4, -0.2) is 40.5 Å². The fraction of sp³-hybridized carbons (Fsp3) is 0.435. The van der Waals surface area contributed by atoms with Crippen molar-refractivity contribution in [1.82, 2.24) is 9.91 Å². The minimum atomic E-state index is -0.368. The fourth-order valence-corrected chi connectivity index (χ4v) is 4.96. The summed E-state index contributed by atoms with van der Waals surface area (Å²) in [7, 11) is 0. The molecule has 0 saturated carbocycles. The summed E-state index contributed by atoms with van der Waals surface area (Å²) in [5, 5.41) is 8.13. The zero-order valence-electron chi connectivity index (χ0n) is 16.4. The van der Waals surface area contributed by atoms with Crippen LogP contribution < -0.4 is 4.74 Å². The molecular weight excluding hydrogens is 370 g/mol. The molecular formula is C23H26ClN3O. The third kappa shape index (κ3) is 2.90. The van der Waals surface area contributed by atoms with Gasteiger partial charge >= 0.3 is 0 Å². The Morgan fingerprint density at radius 2 is 1.86 bits per heavy atom. The number of nitrogens with zero attached hydrogens (tertiary/aromatic N) is 3. The first-order valence-corrected chi connectivity index (χ1v) is 10.6. The number of halogens is 1. The smallest absolute Gasteiger partial charge is 0.200 e. The number of hydrogen-bond donors (Lipinski definition) is 0. The molecule has 4 nitrogen and oxygen atoms in total. The Morgan fingerprint density at radius 1 is 1.11 bits per heavy atom. The maximum absolute atomic E-state index is 6.68. The lowest BCUT2D eigenvalue weighted by Gasteiger charge is -2.51. The van der Waals surface area contributed by atoms with E-state index in [2.05, 4.69) is 48.0 Å². The molecule has 0 bridgehead atoms. The molecule has 3 aliphatic heterocycles. The normalized spacial score (nSPS) is 23.4. The lowest BCUT2D eigenvalue weighted by Crippen LogP contribution is -2.59. The maximum Gasteiger partial charge on any atom is 0.200 e. The van der Waals surface area contributed by atoms with E-state index >= 15 is 0 Å². The van der Waals surface area contributed by atoms with E-state index in [0.29, 0.717) is 6.04 Å². The Balaban J connectivity index is 1.55. The van der Waals surface area contributed by atoms with Crippen LogP contribution in [0.3, 0.4) is 0 Å². The Bertz CT molecular complexity index is 903. The summed E-state index contributed by atoms with van der Waals surface area (Å²) in [6.45, 7) is 6.59. The Labute approximate surface area is 171 Å². The number of hydrogen-bond acceptors (Lipinski definition) is 4. The summed E-state index contributed by atoms with van der Waals surface area (Å²) in [6, 6.07) is 17.2. The van der Waals surface area contributed by atoms with E-state index < -0.39 is 0 Å². The van der Waals surface area contributed by atoms with E-state index in [9.17, 15) is 0 Å². The number of hydrazone groups is 1. The molecule has 5 rings (SSSR count). The summed E-state index contributed by atoms with van der Waals surface area (Å²) in [5.41, 5.74) is 3.11. The summed E-state index contributed by atoms with van der Waals surface area (Å²) < 4.78 is 6.68. The van der Waals surface area contributed by atoms with Crippen molar-refractivity contribution in [3.63, 3.8) is 0 Å². The Hall–Kier alpha value is -2.04. The number of fused-ring (bicyclic) bond motifs is 4. The minimum absolute atomic E-state index is 0.184. The molecule has 1 atom stereocenters. The average molecular weight is 396 g/mol. The van der Waals surface area contributed by atoms with Gasteiger partial charge in [0.05, 0.1) is 11.8 Å². The van der Waals surface area contributed by atoms with Gasteiger partial charge in [-0.1, -0.05) is 41.9 Å². The van der Waals surface area contributed by atoms with E-state index in [-0.39, 0.29) is 11.8 Å². The Morgan fingerprint density at radius 3 is 2.57 bits per heavy atom. The SMILES string of the molecule is CC(C)N1CCC2(CC1)Oc1ccc(Cl)cc1[C@H]1CC(c3ccccc3)=NN12. The van der Waals surface area contributed by atoms with Crippen molar-refractivity contribution in [3.05, 3.63) is 64.7 Å². The third-order valence-electron chi connectivity index (χ3n) is 6.38. The first-order chi connectivity index (χ1) is 13.6. The van der Waals surface area contributed by atoms with E-state index in [0.717, 1.165) is 54.4 Å². The lowest BCUT2D eigenvalue weighted by molar-refractivity contribution is -0.152. The summed E-state index contributed by atoms with van der Waals surface area (Å²) in [6.07, 6.45) is 2.79. The van der Waals surface area contributed by atoms with Crippen molar-refractivity contribution in [2.75, 3.05) is 13.1 Å². The lowest BCUT2D eigenvalue weighted by atomic mass is 9.90. The molecule has 1 saturated heterocycles. The fourth-order valence-electron chi connectivity index (χ4n) is 4.78. The predicted molar refractivity (Wildman–Crippen MR) is 113 cm³/mol. The molecule has 0 amide bonds. The molecule has 3 heterocycles. The van der Waals surface area contributed by atoms with Gasteiger partial charge in [-0.05, 0) is 37.6 Å². The average Bonchev–Trinajstić information content (AvgIpc) is 3.17. The highest BCUT2D eigenvalue weighted by Gasteiger charge is 2.52. The quantitative estimate of drug-likeness (QED) is 0.709. The van der Waals surface area contributed by atoms with Gasteiger partial charge in [0.2, 0.25) is 5.72 Å². The zero-order chi connectivity index (χ0) is 19.3. The van der Waals surface area contributed by atoms with Gasteiger partial charge in [-0.2, -0.15) is 5.10 Å². The second-order valence-electron chi connectivity index (χ2n) is 8.34. The molecule has 146 valence electrons. The van der Waals surface area contributed by atoms with Gasteiger partial charge in [-0.15, -0.1) is 0 Å². The maximum atomic E-state index is 6.68. The highest BCUT2D eigenvalue weighted by atomic mass is 35.5. The van der Waals surface area contributed by atoms with E-state index in [1.54, 1.807) is 0 Å². The highest BCUT2D eigenvalue weighted by Crippen LogP contribution is 2.50. The summed E-state index contributed by atoms with van der Waals surface area (Å²) in [5.74, 6) is 0.966. The van der Waals surface area contributed by atoms with Crippen LogP contribution in [0.15, 0.2) is 53.6 Å². The van der Waals surface area contributed by atoms with Gasteiger partial charge in [-0.25, -0.2) is 5.01 Å². The molecule has 0 aromatic heterocycles. The Kier molecular flexibility index (Phi) is 4.37. The van der Waals surface area contributed by atoms with Crippen molar-refractivity contribution in [2.24, 2.45) is 5.10 Å².